The molecule has 0 spiro atoms. The smallest absolute Gasteiger partial charge is 0.0821 e. The van der Waals surface area contributed by atoms with E-state index in [2.05, 4.69) is 11.7 Å². The molecule has 0 unspecified atom stereocenters. The third kappa shape index (κ3) is 2.56. The molecule has 1 aliphatic carbocycles. The number of anilines is 1. The average Bonchev–Trinajstić information content (AvgIpc) is 2.47. The first kappa shape index (κ1) is 14.6. The second-order valence-electron chi connectivity index (χ2n) is 5.74. The minimum Gasteiger partial charge on any atom is -0.758 e. The van der Waals surface area contributed by atoms with Crippen LogP contribution in [0, 0.1) is 11.1 Å². The lowest BCUT2D eigenvalue weighted by atomic mass is 9.73. The van der Waals surface area contributed by atoms with Crippen molar-refractivity contribution in [3.8, 4) is 0 Å². The maximum Gasteiger partial charge on any atom is 0.0821 e. The van der Waals surface area contributed by atoms with E-state index in [1.165, 1.54) is 0 Å². The monoisotopic (exact) mass is 273 g/mol. The first-order chi connectivity index (χ1) is 9.49. The number of benzene rings is 1. The summed E-state index contributed by atoms with van der Waals surface area (Å²) >= 11 is 0. The van der Waals surface area contributed by atoms with Crippen LogP contribution < -0.4 is 5.06 Å². The van der Waals surface area contributed by atoms with Crippen LogP contribution >= 0.6 is 0 Å². The molecule has 2 rings (SSSR count). The summed E-state index contributed by atoms with van der Waals surface area (Å²) in [5.41, 5.74) is 1.41. The lowest BCUT2D eigenvalue weighted by Gasteiger charge is -2.51. The van der Waals surface area contributed by atoms with Crippen molar-refractivity contribution in [2.45, 2.75) is 38.6 Å². The van der Waals surface area contributed by atoms with E-state index in [9.17, 15) is 10.4 Å². The summed E-state index contributed by atoms with van der Waals surface area (Å²) in [5.74, 6) is 0.290. The summed E-state index contributed by atoms with van der Waals surface area (Å²) in [4.78, 5) is 0. The van der Waals surface area contributed by atoms with Crippen molar-refractivity contribution in [3.63, 3.8) is 0 Å². The lowest BCUT2D eigenvalue weighted by Crippen LogP contribution is -2.53. The van der Waals surface area contributed by atoms with Crippen LogP contribution in [-0.4, -0.2) is 16.5 Å². The van der Waals surface area contributed by atoms with Crippen LogP contribution in [0.15, 0.2) is 47.6 Å². The summed E-state index contributed by atoms with van der Waals surface area (Å²) in [6.45, 7) is 7.79. The van der Waals surface area contributed by atoms with E-state index in [1.807, 2.05) is 32.0 Å². The molecule has 0 aliphatic heterocycles. The second kappa shape index (κ2) is 5.67. The molecular weight excluding hydrogens is 252 g/mol. The average molecular weight is 273 g/mol. The van der Waals surface area contributed by atoms with Crippen LogP contribution in [0.3, 0.4) is 0 Å². The molecule has 1 aromatic carbocycles. The zero-order valence-corrected chi connectivity index (χ0v) is 12.0. The number of nitrogens with zero attached hydrogens (tertiary/aromatic N) is 2. The van der Waals surface area contributed by atoms with E-state index < -0.39 is 5.54 Å². The van der Waals surface area contributed by atoms with E-state index in [0.29, 0.717) is 24.2 Å². The largest absolute Gasteiger partial charge is 0.758 e. The van der Waals surface area contributed by atoms with Gasteiger partial charge in [-0.15, -0.1) is 0 Å². The molecule has 108 valence electrons. The number of para-hydroxylation sites is 1. The second-order valence-corrected chi connectivity index (χ2v) is 5.74. The van der Waals surface area contributed by atoms with Gasteiger partial charge in [0.25, 0.3) is 0 Å². The number of allylic oxidation sites excluding steroid dienone is 1. The van der Waals surface area contributed by atoms with Crippen LogP contribution in [0.1, 0.15) is 33.1 Å². The lowest BCUT2D eigenvalue weighted by molar-refractivity contribution is 0.300. The quantitative estimate of drug-likeness (QED) is 0.515. The first-order valence-corrected chi connectivity index (χ1v) is 6.88. The Morgan fingerprint density at radius 3 is 2.65 bits per heavy atom. The fourth-order valence-corrected chi connectivity index (χ4v) is 2.79. The van der Waals surface area contributed by atoms with Crippen LogP contribution in [0.2, 0.25) is 0 Å². The third-order valence-corrected chi connectivity index (χ3v) is 4.30. The van der Waals surface area contributed by atoms with Crippen molar-refractivity contribution >= 4 is 11.4 Å². The van der Waals surface area contributed by atoms with E-state index >= 15 is 0 Å². The number of hydrogen-bond donors (Lipinski definition) is 1. The molecule has 0 bridgehead atoms. The molecule has 20 heavy (non-hydrogen) atoms. The Balaban J connectivity index is 2.28. The van der Waals surface area contributed by atoms with Gasteiger partial charge in [-0.1, -0.05) is 35.5 Å². The highest BCUT2D eigenvalue weighted by atomic mass is 16.5. The summed E-state index contributed by atoms with van der Waals surface area (Å²) < 4.78 is 0. The van der Waals surface area contributed by atoms with E-state index in [1.54, 1.807) is 12.1 Å². The molecule has 0 saturated heterocycles. The molecule has 4 heteroatoms. The fraction of sp³-hybridized carbons (Fsp3) is 0.438. The Hall–Kier alpha value is -1.81. The van der Waals surface area contributed by atoms with E-state index in [4.69, 9.17) is 0 Å². The zero-order chi connectivity index (χ0) is 14.8. The maximum atomic E-state index is 12.7. The predicted octanol–water partition coefficient (Wildman–Crippen LogP) is 3.96. The normalized spacial score (nSPS) is 28.4. The van der Waals surface area contributed by atoms with Crippen LogP contribution in [0.4, 0.5) is 5.69 Å². The predicted molar refractivity (Wildman–Crippen MR) is 82.1 cm³/mol. The number of rotatable bonds is 3. The van der Waals surface area contributed by atoms with E-state index in [-0.39, 0.29) is 5.92 Å². The Bertz CT molecular complexity index is 512. The molecule has 2 atom stereocenters. The number of hydrogen-bond acceptors (Lipinski definition) is 4. The molecule has 1 saturated carbocycles. The van der Waals surface area contributed by atoms with Gasteiger partial charge in [0.1, 0.15) is 0 Å². The SMILES string of the molecule is C=C(C)[C@H]1CC[C@@](C)(N([O-])c2ccccc2)/C(=N/O)C1. The minimum absolute atomic E-state index is 0.290. The zero-order valence-electron chi connectivity index (χ0n) is 12.0. The molecule has 1 aromatic rings. The van der Waals surface area contributed by atoms with E-state index in [0.717, 1.165) is 17.1 Å². The fourth-order valence-electron chi connectivity index (χ4n) is 2.79. The Morgan fingerprint density at radius 1 is 1.45 bits per heavy atom. The van der Waals surface area contributed by atoms with Crippen molar-refractivity contribution in [1.29, 1.82) is 0 Å². The van der Waals surface area contributed by atoms with Crippen molar-refractivity contribution in [3.05, 3.63) is 47.7 Å². The molecular formula is C16H21N2O2-. The number of oxime groups is 1. The molecule has 0 amide bonds. The number of hydroxylamine groups is 1. The molecule has 1 fully saturated rings. The van der Waals surface area contributed by atoms with Gasteiger partial charge in [0, 0.05) is 5.69 Å². The van der Waals surface area contributed by atoms with Gasteiger partial charge in [0.2, 0.25) is 0 Å². The van der Waals surface area contributed by atoms with Gasteiger partial charge in [-0.3, -0.25) is 0 Å². The summed E-state index contributed by atoms with van der Waals surface area (Å²) in [6.07, 6.45) is 2.13. The Kier molecular flexibility index (Phi) is 4.14. The van der Waals surface area contributed by atoms with Crippen LogP contribution in [-0.2, 0) is 0 Å². The Morgan fingerprint density at radius 2 is 2.10 bits per heavy atom. The molecule has 1 aliphatic rings. The standard InChI is InChI=1S/C16H21N2O2/c1-12(2)13-9-10-16(3,15(11-13)17-19)18(20)14-7-5-4-6-8-14/h4-8,13,19H,1,9-11H2,2-3H3/q-1/b17-15+/t13-,16+/m0/s1. The van der Waals surface area contributed by atoms with Crippen molar-refractivity contribution in [2.75, 3.05) is 5.06 Å². The highest BCUT2D eigenvalue weighted by molar-refractivity contribution is 5.97. The van der Waals surface area contributed by atoms with Crippen molar-refractivity contribution < 1.29 is 5.21 Å². The van der Waals surface area contributed by atoms with Crippen molar-refractivity contribution in [1.82, 2.24) is 0 Å². The van der Waals surface area contributed by atoms with Gasteiger partial charge in [0.15, 0.2) is 0 Å². The first-order valence-electron chi connectivity index (χ1n) is 6.88. The van der Waals surface area contributed by atoms with Gasteiger partial charge >= 0.3 is 0 Å². The van der Waals surface area contributed by atoms with Gasteiger partial charge in [-0.2, -0.15) is 0 Å². The summed E-state index contributed by atoms with van der Waals surface area (Å²) in [7, 11) is 0. The third-order valence-electron chi connectivity index (χ3n) is 4.30. The van der Waals surface area contributed by atoms with Gasteiger partial charge in [-0.25, -0.2) is 0 Å². The molecule has 4 nitrogen and oxygen atoms in total. The highest BCUT2D eigenvalue weighted by Gasteiger charge is 2.39. The highest BCUT2D eigenvalue weighted by Crippen LogP contribution is 2.38. The van der Waals surface area contributed by atoms with Gasteiger partial charge in [-0.05, 0) is 51.2 Å². The van der Waals surface area contributed by atoms with Crippen LogP contribution in [0.25, 0.3) is 0 Å². The minimum atomic E-state index is -0.790. The van der Waals surface area contributed by atoms with Crippen LogP contribution in [0.5, 0.6) is 0 Å². The van der Waals surface area contributed by atoms with Gasteiger partial charge in [0.05, 0.1) is 11.3 Å². The molecule has 0 radical (unpaired) electrons. The summed E-state index contributed by atoms with van der Waals surface area (Å²) in [5, 5.41) is 26.4. The maximum absolute atomic E-state index is 12.7. The molecule has 1 N–H and O–H groups in total. The molecule has 0 heterocycles. The Labute approximate surface area is 120 Å². The topological polar surface area (TPSA) is 58.9 Å². The van der Waals surface area contributed by atoms with Gasteiger partial charge < -0.3 is 15.5 Å². The summed E-state index contributed by atoms with van der Waals surface area (Å²) in [6, 6.07) is 9.09. The molecule has 0 aromatic heterocycles. The van der Waals surface area contributed by atoms with Crippen molar-refractivity contribution in [2.24, 2.45) is 11.1 Å².